The Hall–Kier alpha value is -3.74. The van der Waals surface area contributed by atoms with E-state index in [1.165, 1.54) is 0 Å². The van der Waals surface area contributed by atoms with Gasteiger partial charge in [-0.05, 0) is 61.2 Å². The monoisotopic (exact) mass is 443 g/mol. The van der Waals surface area contributed by atoms with E-state index >= 15 is 0 Å². The lowest BCUT2D eigenvalue weighted by Gasteiger charge is -2.41. The smallest absolute Gasteiger partial charge is 0.253 e. The molecule has 1 fully saturated rings. The summed E-state index contributed by atoms with van der Waals surface area (Å²) in [5.41, 5.74) is 3.48. The van der Waals surface area contributed by atoms with Crippen LogP contribution in [0.5, 0.6) is 0 Å². The van der Waals surface area contributed by atoms with Gasteiger partial charge in [-0.25, -0.2) is 0 Å². The van der Waals surface area contributed by atoms with Crippen molar-refractivity contribution in [2.75, 3.05) is 25.5 Å². The molecule has 0 saturated carbocycles. The summed E-state index contributed by atoms with van der Waals surface area (Å²) in [5, 5.41) is 6.20. The molecule has 7 nitrogen and oxygen atoms in total. The highest BCUT2D eigenvalue weighted by atomic mass is 16.2. The molecule has 170 valence electrons. The molecule has 0 bridgehead atoms. The Morgan fingerprint density at radius 2 is 2.00 bits per heavy atom. The van der Waals surface area contributed by atoms with Gasteiger partial charge >= 0.3 is 0 Å². The third kappa shape index (κ3) is 4.72. The molecule has 1 atom stereocenters. The van der Waals surface area contributed by atoms with Crippen molar-refractivity contribution in [2.24, 2.45) is 0 Å². The Labute approximate surface area is 194 Å². The van der Waals surface area contributed by atoms with Gasteiger partial charge in [0, 0.05) is 56.5 Å². The summed E-state index contributed by atoms with van der Waals surface area (Å²) < 4.78 is 0. The SMILES string of the molecule is CNC(=O)[C@]1(c2ccccn2)CCCN(C(=O)c2ccc(C)c(NCc3cccnc3)c2)C1. The second-order valence-corrected chi connectivity index (χ2v) is 8.45. The highest BCUT2D eigenvalue weighted by Crippen LogP contribution is 2.34. The number of piperidine rings is 1. The van der Waals surface area contributed by atoms with E-state index in [4.69, 9.17) is 0 Å². The first-order valence-corrected chi connectivity index (χ1v) is 11.2. The van der Waals surface area contributed by atoms with Gasteiger partial charge < -0.3 is 15.5 Å². The van der Waals surface area contributed by atoms with Crippen molar-refractivity contribution in [3.05, 3.63) is 89.5 Å². The second kappa shape index (κ2) is 9.81. The molecule has 3 aromatic rings. The first kappa shape index (κ1) is 22.5. The number of carbonyl (C=O) groups is 2. The number of nitrogens with zero attached hydrogens (tertiary/aromatic N) is 3. The molecular formula is C26H29N5O2. The average molecular weight is 444 g/mol. The third-order valence-electron chi connectivity index (χ3n) is 6.29. The first-order chi connectivity index (χ1) is 16.0. The van der Waals surface area contributed by atoms with Gasteiger partial charge in [0.25, 0.3) is 5.91 Å². The quantitative estimate of drug-likeness (QED) is 0.610. The lowest BCUT2D eigenvalue weighted by atomic mass is 9.75. The molecule has 3 heterocycles. The number of rotatable bonds is 6. The van der Waals surface area contributed by atoms with Gasteiger partial charge in [0.2, 0.25) is 5.91 Å². The Bertz CT molecular complexity index is 1120. The lowest BCUT2D eigenvalue weighted by molar-refractivity contribution is -0.128. The number of hydrogen-bond donors (Lipinski definition) is 2. The maximum Gasteiger partial charge on any atom is 0.253 e. The number of likely N-dealkylation sites (N-methyl/N-ethyl adjacent to an activating group) is 1. The van der Waals surface area contributed by atoms with E-state index in [0.717, 1.165) is 23.2 Å². The Morgan fingerprint density at radius 1 is 1.12 bits per heavy atom. The van der Waals surface area contributed by atoms with Crippen LogP contribution in [0.15, 0.2) is 67.1 Å². The summed E-state index contributed by atoms with van der Waals surface area (Å²) >= 11 is 0. The third-order valence-corrected chi connectivity index (χ3v) is 6.29. The Morgan fingerprint density at radius 3 is 2.73 bits per heavy atom. The lowest BCUT2D eigenvalue weighted by Crippen LogP contribution is -2.56. The minimum atomic E-state index is -0.851. The molecule has 2 N–H and O–H groups in total. The number of likely N-dealkylation sites (tertiary alicyclic amines) is 1. The number of amides is 2. The van der Waals surface area contributed by atoms with E-state index in [-0.39, 0.29) is 11.8 Å². The van der Waals surface area contributed by atoms with Gasteiger partial charge in [0.15, 0.2) is 0 Å². The second-order valence-electron chi connectivity index (χ2n) is 8.45. The molecule has 7 heteroatoms. The van der Waals surface area contributed by atoms with Gasteiger partial charge in [-0.15, -0.1) is 0 Å². The fraction of sp³-hybridized carbons (Fsp3) is 0.308. The van der Waals surface area contributed by atoms with Crippen LogP contribution in [-0.2, 0) is 16.8 Å². The van der Waals surface area contributed by atoms with Gasteiger partial charge in [-0.1, -0.05) is 18.2 Å². The molecule has 0 aliphatic carbocycles. The summed E-state index contributed by atoms with van der Waals surface area (Å²) in [4.78, 5) is 36.9. The van der Waals surface area contributed by atoms with Crippen molar-refractivity contribution < 1.29 is 9.59 Å². The summed E-state index contributed by atoms with van der Waals surface area (Å²) in [6, 6.07) is 15.2. The predicted molar refractivity (Wildman–Crippen MR) is 128 cm³/mol. The fourth-order valence-electron chi connectivity index (χ4n) is 4.45. The number of carbonyl (C=O) groups excluding carboxylic acids is 2. The number of aromatic nitrogens is 2. The van der Waals surface area contributed by atoms with Crippen LogP contribution in [0.4, 0.5) is 5.69 Å². The number of aryl methyl sites for hydroxylation is 1. The van der Waals surface area contributed by atoms with E-state index < -0.39 is 5.41 Å². The highest BCUT2D eigenvalue weighted by Gasteiger charge is 2.45. The molecule has 2 aromatic heterocycles. The van der Waals surface area contributed by atoms with Crippen LogP contribution in [0.2, 0.25) is 0 Å². The number of anilines is 1. The van der Waals surface area contributed by atoms with Crippen molar-refractivity contribution in [1.82, 2.24) is 20.2 Å². The van der Waals surface area contributed by atoms with Gasteiger partial charge in [0.1, 0.15) is 5.41 Å². The maximum atomic E-state index is 13.5. The summed E-state index contributed by atoms with van der Waals surface area (Å²) in [6.07, 6.45) is 6.64. The zero-order valence-corrected chi connectivity index (χ0v) is 19.0. The molecule has 1 aromatic carbocycles. The molecule has 1 aliphatic rings. The van der Waals surface area contributed by atoms with Gasteiger partial charge in [-0.2, -0.15) is 0 Å². The average Bonchev–Trinajstić information content (AvgIpc) is 2.88. The van der Waals surface area contributed by atoms with E-state index in [0.29, 0.717) is 37.3 Å². The predicted octanol–water partition coefficient (Wildman–Crippen LogP) is 3.32. The molecule has 33 heavy (non-hydrogen) atoms. The van der Waals surface area contributed by atoms with Crippen molar-refractivity contribution in [2.45, 2.75) is 31.7 Å². The Balaban J connectivity index is 1.56. The standard InChI is InChI=1S/C26H29N5O2/c1-19-9-10-21(15-22(19)30-17-20-7-5-12-28-16-20)24(32)31-14-6-11-26(18-31,25(33)27-2)23-8-3-4-13-29-23/h3-5,7-10,12-13,15-16,30H,6,11,14,17-18H2,1-2H3,(H,27,33)/t26-/m1/s1. The summed E-state index contributed by atoms with van der Waals surface area (Å²) in [5.74, 6) is -0.190. The molecular weight excluding hydrogens is 414 g/mol. The zero-order valence-electron chi connectivity index (χ0n) is 19.0. The van der Waals surface area contributed by atoms with Crippen molar-refractivity contribution in [3.8, 4) is 0 Å². The minimum Gasteiger partial charge on any atom is -0.381 e. The van der Waals surface area contributed by atoms with Crippen LogP contribution in [0.1, 0.15) is 40.0 Å². The molecule has 1 aliphatic heterocycles. The first-order valence-electron chi connectivity index (χ1n) is 11.2. The topological polar surface area (TPSA) is 87.2 Å². The maximum absolute atomic E-state index is 13.5. The molecule has 0 unspecified atom stereocenters. The van der Waals surface area contributed by atoms with E-state index in [2.05, 4.69) is 20.6 Å². The van der Waals surface area contributed by atoms with Gasteiger partial charge in [-0.3, -0.25) is 19.6 Å². The van der Waals surface area contributed by atoms with Gasteiger partial charge in [0.05, 0.1) is 5.69 Å². The molecule has 1 saturated heterocycles. The molecule has 0 radical (unpaired) electrons. The zero-order chi connectivity index (χ0) is 23.3. The number of pyridine rings is 2. The number of benzene rings is 1. The van der Waals surface area contributed by atoms with Crippen LogP contribution >= 0.6 is 0 Å². The van der Waals surface area contributed by atoms with Crippen LogP contribution in [-0.4, -0.2) is 46.8 Å². The minimum absolute atomic E-state index is 0.0802. The molecule has 4 rings (SSSR count). The van der Waals surface area contributed by atoms with Crippen molar-refractivity contribution in [1.29, 1.82) is 0 Å². The number of hydrogen-bond acceptors (Lipinski definition) is 5. The molecule has 0 spiro atoms. The van der Waals surface area contributed by atoms with Crippen LogP contribution < -0.4 is 10.6 Å². The Kier molecular flexibility index (Phi) is 6.68. The van der Waals surface area contributed by atoms with Crippen LogP contribution in [0.3, 0.4) is 0 Å². The molecule has 2 amide bonds. The summed E-state index contributed by atoms with van der Waals surface area (Å²) in [7, 11) is 1.63. The van der Waals surface area contributed by atoms with E-state index in [1.54, 1.807) is 24.3 Å². The number of nitrogens with one attached hydrogen (secondary N) is 2. The van der Waals surface area contributed by atoms with Crippen LogP contribution in [0.25, 0.3) is 0 Å². The highest BCUT2D eigenvalue weighted by molar-refractivity contribution is 5.96. The summed E-state index contributed by atoms with van der Waals surface area (Å²) in [6.45, 7) is 3.54. The van der Waals surface area contributed by atoms with Crippen molar-refractivity contribution >= 4 is 17.5 Å². The van der Waals surface area contributed by atoms with Crippen molar-refractivity contribution in [3.63, 3.8) is 0 Å². The largest absolute Gasteiger partial charge is 0.381 e. The normalized spacial score (nSPS) is 17.9. The van der Waals surface area contributed by atoms with E-state index in [1.807, 2.05) is 61.7 Å². The van der Waals surface area contributed by atoms with E-state index in [9.17, 15) is 9.59 Å². The fourth-order valence-corrected chi connectivity index (χ4v) is 4.45. The van der Waals surface area contributed by atoms with Crippen LogP contribution in [0, 0.1) is 6.92 Å².